The topological polar surface area (TPSA) is 69.6 Å². The van der Waals surface area contributed by atoms with E-state index in [-0.39, 0.29) is 31.0 Å². The Morgan fingerprint density at radius 2 is 1.81 bits per heavy atom. The van der Waals surface area contributed by atoms with Gasteiger partial charge in [0.2, 0.25) is 5.91 Å². The van der Waals surface area contributed by atoms with Gasteiger partial charge in [-0.1, -0.05) is 32.0 Å². The van der Waals surface area contributed by atoms with Crippen LogP contribution in [-0.4, -0.2) is 47.6 Å². The number of nitrogens with zero attached hydrogens (tertiary/aromatic N) is 1. The van der Waals surface area contributed by atoms with E-state index in [0.717, 1.165) is 12.8 Å². The largest absolute Gasteiger partial charge is 0.395 e. The Kier molecular flexibility index (Phi) is 7.46. The molecule has 1 aromatic carbocycles. The summed E-state index contributed by atoms with van der Waals surface area (Å²) in [7, 11) is 0. The molecular weight excluding hydrogens is 268 g/mol. The van der Waals surface area contributed by atoms with Crippen molar-refractivity contribution < 1.29 is 14.7 Å². The van der Waals surface area contributed by atoms with Gasteiger partial charge in [0.1, 0.15) is 0 Å². The first-order valence-electron chi connectivity index (χ1n) is 7.37. The average Bonchev–Trinajstić information content (AvgIpc) is 2.53. The molecule has 21 heavy (non-hydrogen) atoms. The minimum Gasteiger partial charge on any atom is -0.395 e. The number of nitrogens with one attached hydrogen (secondary N) is 1. The van der Waals surface area contributed by atoms with E-state index in [2.05, 4.69) is 5.32 Å². The third-order valence-corrected chi connectivity index (χ3v) is 3.48. The zero-order valence-electron chi connectivity index (χ0n) is 12.7. The minimum absolute atomic E-state index is 0.0514. The van der Waals surface area contributed by atoms with Crippen LogP contribution in [0.1, 0.15) is 37.0 Å². The van der Waals surface area contributed by atoms with Crippen LogP contribution in [0.3, 0.4) is 0 Å². The maximum atomic E-state index is 12.2. The van der Waals surface area contributed by atoms with Crippen LogP contribution >= 0.6 is 0 Å². The van der Waals surface area contributed by atoms with E-state index in [9.17, 15) is 9.59 Å². The Labute approximate surface area is 126 Å². The molecule has 0 aliphatic carbocycles. The first-order valence-corrected chi connectivity index (χ1v) is 7.37. The van der Waals surface area contributed by atoms with Gasteiger partial charge < -0.3 is 15.3 Å². The Morgan fingerprint density at radius 1 is 1.19 bits per heavy atom. The summed E-state index contributed by atoms with van der Waals surface area (Å²) in [6.45, 7) is 4.19. The lowest BCUT2D eigenvalue weighted by Gasteiger charge is -2.30. The lowest BCUT2D eigenvalue weighted by atomic mass is 10.1. The van der Waals surface area contributed by atoms with Gasteiger partial charge in [-0.2, -0.15) is 0 Å². The molecule has 5 heteroatoms. The fraction of sp³-hybridized carbons (Fsp3) is 0.500. The van der Waals surface area contributed by atoms with Gasteiger partial charge >= 0.3 is 0 Å². The molecule has 0 fully saturated rings. The van der Waals surface area contributed by atoms with Crippen molar-refractivity contribution in [3.8, 4) is 0 Å². The van der Waals surface area contributed by atoms with Gasteiger partial charge in [-0.05, 0) is 25.0 Å². The molecule has 0 aliphatic rings. The third kappa shape index (κ3) is 5.19. The summed E-state index contributed by atoms with van der Waals surface area (Å²) in [6.07, 6.45) is 1.66. The molecule has 0 spiro atoms. The zero-order valence-corrected chi connectivity index (χ0v) is 12.7. The molecule has 5 nitrogen and oxygen atoms in total. The standard InChI is InChI=1S/C16H24N2O3/c1-3-14(4-2)18(10-11-19)15(20)12-17-16(21)13-8-6-5-7-9-13/h5-9,14,19H,3-4,10-12H2,1-2H3,(H,17,21). The average molecular weight is 292 g/mol. The van der Waals surface area contributed by atoms with Gasteiger partial charge in [0.25, 0.3) is 5.91 Å². The second-order valence-corrected chi connectivity index (χ2v) is 4.83. The first kappa shape index (κ1) is 17.2. The third-order valence-electron chi connectivity index (χ3n) is 3.48. The van der Waals surface area contributed by atoms with Gasteiger partial charge in [0.05, 0.1) is 13.2 Å². The van der Waals surface area contributed by atoms with Crippen LogP contribution in [0.25, 0.3) is 0 Å². The van der Waals surface area contributed by atoms with Crippen molar-refractivity contribution in [1.29, 1.82) is 0 Å². The maximum Gasteiger partial charge on any atom is 0.251 e. The van der Waals surface area contributed by atoms with Crippen molar-refractivity contribution in [3.63, 3.8) is 0 Å². The van der Waals surface area contributed by atoms with E-state index >= 15 is 0 Å². The molecular formula is C16H24N2O3. The predicted molar refractivity (Wildman–Crippen MR) is 81.9 cm³/mol. The number of carbonyl (C=O) groups excluding carboxylic acids is 2. The highest BCUT2D eigenvalue weighted by Crippen LogP contribution is 2.08. The summed E-state index contributed by atoms with van der Waals surface area (Å²) in [5.74, 6) is -0.431. The van der Waals surface area contributed by atoms with E-state index in [1.165, 1.54) is 0 Å². The van der Waals surface area contributed by atoms with Crippen LogP contribution < -0.4 is 5.32 Å². The normalized spacial score (nSPS) is 10.5. The summed E-state index contributed by atoms with van der Waals surface area (Å²) in [5.41, 5.74) is 0.529. The number of hydrogen-bond donors (Lipinski definition) is 2. The summed E-state index contributed by atoms with van der Waals surface area (Å²) >= 11 is 0. The molecule has 116 valence electrons. The molecule has 0 saturated carbocycles. The fourth-order valence-electron chi connectivity index (χ4n) is 2.30. The van der Waals surface area contributed by atoms with Crippen molar-refractivity contribution >= 4 is 11.8 Å². The second kappa shape index (κ2) is 9.13. The summed E-state index contributed by atoms with van der Waals surface area (Å²) < 4.78 is 0. The van der Waals surface area contributed by atoms with Crippen LogP contribution in [0.15, 0.2) is 30.3 Å². The quantitative estimate of drug-likeness (QED) is 0.761. The highest BCUT2D eigenvalue weighted by molar-refractivity contribution is 5.96. The molecule has 2 N–H and O–H groups in total. The van der Waals surface area contributed by atoms with Crippen molar-refractivity contribution in [1.82, 2.24) is 10.2 Å². The smallest absolute Gasteiger partial charge is 0.251 e. The first-order chi connectivity index (χ1) is 10.1. The number of aliphatic hydroxyl groups is 1. The maximum absolute atomic E-state index is 12.2. The second-order valence-electron chi connectivity index (χ2n) is 4.83. The molecule has 0 radical (unpaired) electrons. The van der Waals surface area contributed by atoms with E-state index in [4.69, 9.17) is 5.11 Å². The van der Waals surface area contributed by atoms with Gasteiger partial charge in [0, 0.05) is 18.2 Å². The van der Waals surface area contributed by atoms with E-state index < -0.39 is 0 Å². The lowest BCUT2D eigenvalue weighted by molar-refractivity contribution is -0.133. The molecule has 2 amide bonds. The molecule has 0 aromatic heterocycles. The lowest BCUT2D eigenvalue weighted by Crippen LogP contribution is -2.46. The summed E-state index contributed by atoms with van der Waals surface area (Å²) in [4.78, 5) is 25.8. The van der Waals surface area contributed by atoms with Crippen LogP contribution in [0.4, 0.5) is 0 Å². The zero-order chi connectivity index (χ0) is 15.7. The number of benzene rings is 1. The van der Waals surface area contributed by atoms with Crippen molar-refractivity contribution in [3.05, 3.63) is 35.9 Å². The Hall–Kier alpha value is -1.88. The number of carbonyl (C=O) groups is 2. The molecule has 0 unspecified atom stereocenters. The highest BCUT2D eigenvalue weighted by atomic mass is 16.3. The number of aliphatic hydroxyl groups excluding tert-OH is 1. The van der Waals surface area contributed by atoms with Crippen molar-refractivity contribution in [2.75, 3.05) is 19.7 Å². The van der Waals surface area contributed by atoms with Crippen LogP contribution in [-0.2, 0) is 4.79 Å². The van der Waals surface area contributed by atoms with Gasteiger partial charge in [0.15, 0.2) is 0 Å². The number of hydrogen-bond acceptors (Lipinski definition) is 3. The molecule has 0 atom stereocenters. The van der Waals surface area contributed by atoms with E-state index in [0.29, 0.717) is 12.1 Å². The Morgan fingerprint density at radius 3 is 2.33 bits per heavy atom. The SMILES string of the molecule is CCC(CC)N(CCO)C(=O)CNC(=O)c1ccccc1. The molecule has 0 bridgehead atoms. The number of rotatable bonds is 8. The Balaban J connectivity index is 2.59. The Bertz CT molecular complexity index is 444. The van der Waals surface area contributed by atoms with Gasteiger partial charge in [-0.25, -0.2) is 0 Å². The summed E-state index contributed by atoms with van der Waals surface area (Å²) in [5, 5.41) is 11.7. The fourth-order valence-corrected chi connectivity index (χ4v) is 2.30. The van der Waals surface area contributed by atoms with Gasteiger partial charge in [-0.3, -0.25) is 9.59 Å². The molecule has 0 heterocycles. The van der Waals surface area contributed by atoms with Crippen molar-refractivity contribution in [2.24, 2.45) is 0 Å². The molecule has 1 aromatic rings. The predicted octanol–water partition coefficient (Wildman–Crippen LogP) is 1.43. The summed E-state index contributed by atoms with van der Waals surface area (Å²) in [6, 6.07) is 8.88. The van der Waals surface area contributed by atoms with Crippen molar-refractivity contribution in [2.45, 2.75) is 32.7 Å². The highest BCUT2D eigenvalue weighted by Gasteiger charge is 2.20. The van der Waals surface area contributed by atoms with Crippen LogP contribution in [0, 0.1) is 0 Å². The monoisotopic (exact) mass is 292 g/mol. The van der Waals surface area contributed by atoms with Crippen LogP contribution in [0.2, 0.25) is 0 Å². The molecule has 1 rings (SSSR count). The number of amides is 2. The van der Waals surface area contributed by atoms with E-state index in [1.807, 2.05) is 19.9 Å². The van der Waals surface area contributed by atoms with Crippen LogP contribution in [0.5, 0.6) is 0 Å². The van der Waals surface area contributed by atoms with E-state index in [1.54, 1.807) is 29.2 Å². The minimum atomic E-state index is -0.266. The molecule has 0 aliphatic heterocycles. The molecule has 0 saturated heterocycles. The van der Waals surface area contributed by atoms with Gasteiger partial charge in [-0.15, -0.1) is 0 Å².